The standard InChI is InChI=1S/C17H27NO3/c1-7-20-15(19)17(5,18-6)12-21-14-10-8-9-13(11-14)16(2,3)4/h8-11,18H,7,12H2,1-6H3. The molecule has 21 heavy (non-hydrogen) atoms. The van der Waals surface area contributed by atoms with Gasteiger partial charge in [0, 0.05) is 0 Å². The van der Waals surface area contributed by atoms with E-state index >= 15 is 0 Å². The Hall–Kier alpha value is -1.55. The van der Waals surface area contributed by atoms with Crippen LogP contribution >= 0.6 is 0 Å². The summed E-state index contributed by atoms with van der Waals surface area (Å²) in [4.78, 5) is 12.0. The van der Waals surface area contributed by atoms with E-state index in [0.717, 1.165) is 5.75 Å². The molecule has 0 fully saturated rings. The number of nitrogens with one attached hydrogen (secondary N) is 1. The van der Waals surface area contributed by atoms with Crippen molar-refractivity contribution < 1.29 is 14.3 Å². The Kier molecular flexibility index (Phi) is 5.78. The van der Waals surface area contributed by atoms with Crippen molar-refractivity contribution in [2.24, 2.45) is 0 Å². The van der Waals surface area contributed by atoms with Crippen molar-refractivity contribution >= 4 is 5.97 Å². The Bertz CT molecular complexity index is 479. The molecular formula is C17H27NO3. The second-order valence-electron chi connectivity index (χ2n) is 6.37. The molecule has 1 aromatic rings. The van der Waals surface area contributed by atoms with Gasteiger partial charge in [0.15, 0.2) is 0 Å². The van der Waals surface area contributed by atoms with Gasteiger partial charge in [0.1, 0.15) is 17.9 Å². The highest BCUT2D eigenvalue weighted by molar-refractivity contribution is 5.80. The molecule has 0 heterocycles. The van der Waals surface area contributed by atoms with Gasteiger partial charge in [-0.05, 0) is 44.0 Å². The number of ether oxygens (including phenoxy) is 2. The highest BCUT2D eigenvalue weighted by atomic mass is 16.5. The third-order valence-electron chi connectivity index (χ3n) is 3.51. The summed E-state index contributed by atoms with van der Waals surface area (Å²) in [5.41, 5.74) is 0.405. The van der Waals surface area contributed by atoms with E-state index in [4.69, 9.17) is 9.47 Å². The predicted octanol–water partition coefficient (Wildman–Crippen LogP) is 2.90. The molecule has 0 aromatic heterocycles. The van der Waals surface area contributed by atoms with Gasteiger partial charge in [-0.2, -0.15) is 0 Å². The molecule has 0 bridgehead atoms. The maximum atomic E-state index is 12.0. The van der Waals surface area contributed by atoms with Gasteiger partial charge in [0.25, 0.3) is 0 Å². The minimum atomic E-state index is -0.853. The first kappa shape index (κ1) is 17.5. The predicted molar refractivity (Wildman–Crippen MR) is 84.7 cm³/mol. The Labute approximate surface area is 127 Å². The molecule has 118 valence electrons. The summed E-state index contributed by atoms with van der Waals surface area (Å²) in [5, 5.41) is 2.98. The van der Waals surface area contributed by atoms with E-state index in [2.05, 4.69) is 32.2 Å². The van der Waals surface area contributed by atoms with Gasteiger partial charge in [-0.1, -0.05) is 32.9 Å². The van der Waals surface area contributed by atoms with Crippen LogP contribution in [0.3, 0.4) is 0 Å². The van der Waals surface area contributed by atoms with Crippen LogP contribution in [0.25, 0.3) is 0 Å². The summed E-state index contributed by atoms with van der Waals surface area (Å²) in [6, 6.07) is 7.96. The molecule has 0 saturated heterocycles. The molecule has 1 rings (SSSR count). The smallest absolute Gasteiger partial charge is 0.329 e. The van der Waals surface area contributed by atoms with Crippen LogP contribution in [0, 0.1) is 0 Å². The van der Waals surface area contributed by atoms with E-state index in [0.29, 0.717) is 6.61 Å². The van der Waals surface area contributed by atoms with Crippen LogP contribution in [-0.4, -0.2) is 31.8 Å². The van der Waals surface area contributed by atoms with Crippen LogP contribution in [-0.2, 0) is 14.9 Å². The molecule has 1 N–H and O–H groups in total. The number of hydrogen-bond donors (Lipinski definition) is 1. The van der Waals surface area contributed by atoms with E-state index < -0.39 is 5.54 Å². The van der Waals surface area contributed by atoms with Crippen LogP contribution in [0.1, 0.15) is 40.2 Å². The number of benzene rings is 1. The van der Waals surface area contributed by atoms with Gasteiger partial charge in [0.2, 0.25) is 0 Å². The number of rotatable bonds is 6. The molecule has 0 spiro atoms. The van der Waals surface area contributed by atoms with Crippen molar-refractivity contribution in [1.82, 2.24) is 5.32 Å². The number of carbonyl (C=O) groups is 1. The fourth-order valence-electron chi connectivity index (χ4n) is 1.80. The highest BCUT2D eigenvalue weighted by Crippen LogP contribution is 2.26. The van der Waals surface area contributed by atoms with Crippen LogP contribution < -0.4 is 10.1 Å². The van der Waals surface area contributed by atoms with E-state index in [9.17, 15) is 4.79 Å². The lowest BCUT2D eigenvalue weighted by molar-refractivity contribution is -0.151. The van der Waals surface area contributed by atoms with Crippen molar-refractivity contribution in [2.45, 2.75) is 45.6 Å². The molecule has 4 heteroatoms. The summed E-state index contributed by atoms with van der Waals surface area (Å²) in [7, 11) is 1.73. The number of carbonyl (C=O) groups excluding carboxylic acids is 1. The maximum absolute atomic E-state index is 12.0. The third-order valence-corrected chi connectivity index (χ3v) is 3.51. The lowest BCUT2D eigenvalue weighted by Crippen LogP contribution is -2.53. The minimum Gasteiger partial charge on any atom is -0.491 e. The molecule has 0 amide bonds. The van der Waals surface area contributed by atoms with E-state index in [-0.39, 0.29) is 18.0 Å². The Morgan fingerprint density at radius 3 is 2.43 bits per heavy atom. The molecule has 0 aliphatic rings. The summed E-state index contributed by atoms with van der Waals surface area (Å²) in [5.74, 6) is 0.452. The fourth-order valence-corrected chi connectivity index (χ4v) is 1.80. The van der Waals surface area contributed by atoms with Crippen molar-refractivity contribution in [2.75, 3.05) is 20.3 Å². The van der Waals surface area contributed by atoms with Gasteiger partial charge in [-0.15, -0.1) is 0 Å². The molecule has 0 saturated carbocycles. The minimum absolute atomic E-state index is 0.0623. The van der Waals surface area contributed by atoms with Gasteiger partial charge in [-0.3, -0.25) is 0 Å². The first-order chi connectivity index (χ1) is 9.73. The highest BCUT2D eigenvalue weighted by Gasteiger charge is 2.34. The molecule has 1 atom stereocenters. The van der Waals surface area contributed by atoms with Crippen LogP contribution in [0.15, 0.2) is 24.3 Å². The Morgan fingerprint density at radius 2 is 1.90 bits per heavy atom. The fraction of sp³-hybridized carbons (Fsp3) is 0.588. The van der Waals surface area contributed by atoms with Crippen LogP contribution in [0.5, 0.6) is 5.75 Å². The molecule has 4 nitrogen and oxygen atoms in total. The van der Waals surface area contributed by atoms with Crippen molar-refractivity contribution in [3.8, 4) is 5.75 Å². The van der Waals surface area contributed by atoms with Gasteiger partial charge in [-0.25, -0.2) is 4.79 Å². The summed E-state index contributed by atoms with van der Waals surface area (Å²) in [6.07, 6.45) is 0. The van der Waals surface area contributed by atoms with E-state index in [1.165, 1.54) is 5.56 Å². The van der Waals surface area contributed by atoms with Crippen molar-refractivity contribution in [1.29, 1.82) is 0 Å². The van der Waals surface area contributed by atoms with Gasteiger partial charge < -0.3 is 14.8 Å². The first-order valence-corrected chi connectivity index (χ1v) is 7.32. The number of hydrogen-bond acceptors (Lipinski definition) is 4. The Balaban J connectivity index is 2.80. The monoisotopic (exact) mass is 293 g/mol. The van der Waals surface area contributed by atoms with Crippen LogP contribution in [0.2, 0.25) is 0 Å². The largest absolute Gasteiger partial charge is 0.491 e. The second-order valence-corrected chi connectivity index (χ2v) is 6.37. The second kappa shape index (κ2) is 6.94. The van der Waals surface area contributed by atoms with Crippen LogP contribution in [0.4, 0.5) is 0 Å². The molecule has 0 aliphatic carbocycles. The molecule has 1 aromatic carbocycles. The zero-order valence-corrected chi connectivity index (χ0v) is 13.9. The molecular weight excluding hydrogens is 266 g/mol. The van der Waals surface area contributed by atoms with Gasteiger partial charge >= 0.3 is 5.97 Å². The molecule has 0 radical (unpaired) electrons. The van der Waals surface area contributed by atoms with E-state index in [1.807, 2.05) is 18.2 Å². The number of esters is 1. The number of likely N-dealkylation sites (N-methyl/N-ethyl adjacent to an activating group) is 1. The lowest BCUT2D eigenvalue weighted by atomic mass is 9.87. The normalized spacial score (nSPS) is 14.4. The van der Waals surface area contributed by atoms with Crippen molar-refractivity contribution in [3.63, 3.8) is 0 Å². The summed E-state index contributed by atoms with van der Waals surface area (Å²) < 4.78 is 10.9. The van der Waals surface area contributed by atoms with E-state index in [1.54, 1.807) is 20.9 Å². The topological polar surface area (TPSA) is 47.6 Å². The molecule has 0 aliphatic heterocycles. The van der Waals surface area contributed by atoms with Crippen molar-refractivity contribution in [3.05, 3.63) is 29.8 Å². The SMILES string of the molecule is CCOC(=O)C(C)(COc1cccc(C(C)(C)C)c1)NC. The average molecular weight is 293 g/mol. The average Bonchev–Trinajstić information content (AvgIpc) is 2.44. The first-order valence-electron chi connectivity index (χ1n) is 7.32. The third kappa shape index (κ3) is 4.74. The molecule has 1 unspecified atom stereocenters. The summed E-state index contributed by atoms with van der Waals surface area (Å²) in [6.45, 7) is 10.6. The lowest BCUT2D eigenvalue weighted by Gasteiger charge is -2.27. The van der Waals surface area contributed by atoms with Gasteiger partial charge in [0.05, 0.1) is 6.61 Å². The zero-order chi connectivity index (χ0) is 16.1. The Morgan fingerprint density at radius 1 is 1.24 bits per heavy atom. The maximum Gasteiger partial charge on any atom is 0.329 e. The summed E-state index contributed by atoms with van der Waals surface area (Å²) >= 11 is 0. The zero-order valence-electron chi connectivity index (χ0n) is 13.9. The quantitative estimate of drug-likeness (QED) is 0.819.